The van der Waals surface area contributed by atoms with Gasteiger partial charge in [-0.05, 0) is 35.6 Å². The highest BCUT2D eigenvalue weighted by Crippen LogP contribution is 2.30. The Bertz CT molecular complexity index is 1130. The van der Waals surface area contributed by atoms with E-state index < -0.39 is 12.1 Å². The molecule has 3 unspecified atom stereocenters. The van der Waals surface area contributed by atoms with Gasteiger partial charge in [-0.3, -0.25) is 14.4 Å². The Kier molecular flexibility index (Phi) is 5.91. The molecule has 4 heterocycles. The summed E-state index contributed by atoms with van der Waals surface area (Å²) in [6, 6.07) is 16.2. The van der Waals surface area contributed by atoms with Crippen LogP contribution in [-0.2, 0) is 20.7 Å². The number of rotatable bonds is 6. The second-order valence-electron chi connectivity index (χ2n) is 7.92. The van der Waals surface area contributed by atoms with Crippen molar-refractivity contribution in [1.29, 1.82) is 0 Å². The standard InChI is InChI=1S/C24H22N2O4S2/c27-18-14-30-19-10-11-26(22(18)19)24(29)17(13-16-7-4-12-31-16)25-23(28)21-9-8-20(32-21)15-5-2-1-3-6-15/h1-9,12,17,19,22H,10-11,13-14H2,(H,25,28). The van der Waals surface area contributed by atoms with E-state index in [1.165, 1.54) is 11.3 Å². The molecule has 5 rings (SSSR count). The van der Waals surface area contributed by atoms with Gasteiger partial charge in [-0.25, -0.2) is 0 Å². The van der Waals surface area contributed by atoms with Crippen LogP contribution in [0, 0.1) is 0 Å². The Morgan fingerprint density at radius 1 is 1.12 bits per heavy atom. The van der Waals surface area contributed by atoms with Gasteiger partial charge >= 0.3 is 0 Å². The van der Waals surface area contributed by atoms with Gasteiger partial charge in [0, 0.05) is 22.7 Å². The number of Topliss-reactive ketones (excluding diaryl/α,β-unsaturated/α-hetero) is 1. The van der Waals surface area contributed by atoms with E-state index in [0.717, 1.165) is 15.3 Å². The zero-order valence-corrected chi connectivity index (χ0v) is 18.9. The van der Waals surface area contributed by atoms with Crippen molar-refractivity contribution in [2.45, 2.75) is 31.0 Å². The molecule has 3 atom stereocenters. The number of benzene rings is 1. The molecule has 2 aliphatic heterocycles. The lowest BCUT2D eigenvalue weighted by Gasteiger charge is -2.27. The van der Waals surface area contributed by atoms with E-state index in [9.17, 15) is 14.4 Å². The van der Waals surface area contributed by atoms with Crippen LogP contribution in [0.25, 0.3) is 10.4 Å². The van der Waals surface area contributed by atoms with Crippen molar-refractivity contribution in [3.63, 3.8) is 0 Å². The molecule has 164 valence electrons. The zero-order valence-electron chi connectivity index (χ0n) is 17.2. The van der Waals surface area contributed by atoms with Crippen LogP contribution in [-0.4, -0.2) is 53.8 Å². The fourth-order valence-corrected chi connectivity index (χ4v) is 5.99. The Morgan fingerprint density at radius 2 is 1.97 bits per heavy atom. The molecule has 2 fully saturated rings. The van der Waals surface area contributed by atoms with E-state index >= 15 is 0 Å². The Hall–Kier alpha value is -2.81. The number of nitrogens with one attached hydrogen (secondary N) is 1. The monoisotopic (exact) mass is 466 g/mol. The molecule has 32 heavy (non-hydrogen) atoms. The van der Waals surface area contributed by atoms with Gasteiger partial charge in [0.25, 0.3) is 5.91 Å². The van der Waals surface area contributed by atoms with Gasteiger partial charge in [0.1, 0.15) is 18.7 Å². The van der Waals surface area contributed by atoms with E-state index in [2.05, 4.69) is 5.32 Å². The van der Waals surface area contributed by atoms with Crippen LogP contribution in [0.4, 0.5) is 0 Å². The molecular formula is C24H22N2O4S2. The molecule has 0 saturated carbocycles. The molecule has 1 N–H and O–H groups in total. The van der Waals surface area contributed by atoms with Gasteiger partial charge < -0.3 is 15.0 Å². The highest BCUT2D eigenvalue weighted by atomic mass is 32.1. The number of nitrogens with zero attached hydrogens (tertiary/aromatic N) is 1. The molecule has 0 radical (unpaired) electrons. The second kappa shape index (κ2) is 8.97. The Balaban J connectivity index is 1.35. The number of likely N-dealkylation sites (tertiary alicyclic amines) is 1. The molecular weight excluding hydrogens is 444 g/mol. The Morgan fingerprint density at radius 3 is 2.75 bits per heavy atom. The minimum absolute atomic E-state index is 0.0541. The van der Waals surface area contributed by atoms with Crippen molar-refractivity contribution in [3.05, 3.63) is 69.7 Å². The molecule has 0 aliphatic carbocycles. The van der Waals surface area contributed by atoms with Crippen LogP contribution >= 0.6 is 22.7 Å². The van der Waals surface area contributed by atoms with Gasteiger partial charge in [0.15, 0.2) is 5.78 Å². The summed E-state index contributed by atoms with van der Waals surface area (Å²) in [7, 11) is 0. The van der Waals surface area contributed by atoms with Crippen molar-refractivity contribution in [2.24, 2.45) is 0 Å². The lowest BCUT2D eigenvalue weighted by Crippen LogP contribution is -2.53. The third-order valence-electron chi connectivity index (χ3n) is 5.87. The number of ketones is 1. The summed E-state index contributed by atoms with van der Waals surface area (Å²) in [6.45, 7) is 0.520. The molecule has 6 nitrogen and oxygen atoms in total. The third-order valence-corrected chi connectivity index (χ3v) is 7.90. The number of carbonyl (C=O) groups excluding carboxylic acids is 3. The minimum atomic E-state index is -0.740. The molecule has 3 aromatic rings. The number of fused-ring (bicyclic) bond motifs is 1. The van der Waals surface area contributed by atoms with Crippen molar-refractivity contribution in [1.82, 2.24) is 10.2 Å². The predicted molar refractivity (Wildman–Crippen MR) is 124 cm³/mol. The lowest BCUT2D eigenvalue weighted by molar-refractivity contribution is -0.138. The summed E-state index contributed by atoms with van der Waals surface area (Å²) in [6.07, 6.45) is 0.810. The number of carbonyl (C=O) groups is 3. The van der Waals surface area contributed by atoms with Gasteiger partial charge in [0.2, 0.25) is 5.91 Å². The van der Waals surface area contributed by atoms with Crippen molar-refractivity contribution >= 4 is 40.3 Å². The average Bonchev–Trinajstić information content (AvgIpc) is 3.60. The molecule has 2 aromatic heterocycles. The van der Waals surface area contributed by atoms with E-state index in [1.807, 2.05) is 53.9 Å². The summed E-state index contributed by atoms with van der Waals surface area (Å²) in [5, 5.41) is 4.89. The normalized spacial score (nSPS) is 20.9. The van der Waals surface area contributed by atoms with Gasteiger partial charge in [-0.15, -0.1) is 22.7 Å². The number of hydrogen-bond donors (Lipinski definition) is 1. The Labute approximate surface area is 193 Å². The summed E-state index contributed by atoms with van der Waals surface area (Å²) in [5.41, 5.74) is 1.05. The van der Waals surface area contributed by atoms with Crippen LogP contribution in [0.5, 0.6) is 0 Å². The maximum Gasteiger partial charge on any atom is 0.262 e. The van der Waals surface area contributed by atoms with Crippen LogP contribution in [0.3, 0.4) is 0 Å². The fraction of sp³-hybridized carbons (Fsp3) is 0.292. The third kappa shape index (κ3) is 4.13. The first-order valence-corrected chi connectivity index (χ1v) is 12.2. The van der Waals surface area contributed by atoms with Gasteiger partial charge in [-0.2, -0.15) is 0 Å². The zero-order chi connectivity index (χ0) is 22.1. The van der Waals surface area contributed by atoms with Crippen LogP contribution in [0.2, 0.25) is 0 Å². The van der Waals surface area contributed by atoms with E-state index in [0.29, 0.717) is 24.3 Å². The minimum Gasteiger partial charge on any atom is -0.368 e. The maximum absolute atomic E-state index is 13.5. The molecule has 8 heteroatoms. The maximum atomic E-state index is 13.5. The number of ether oxygens (including phenoxy) is 1. The van der Waals surface area contributed by atoms with E-state index in [4.69, 9.17) is 4.74 Å². The summed E-state index contributed by atoms with van der Waals surface area (Å²) in [4.78, 5) is 43.0. The van der Waals surface area contributed by atoms with Crippen LogP contribution in [0.1, 0.15) is 21.0 Å². The van der Waals surface area contributed by atoms with Crippen LogP contribution < -0.4 is 5.32 Å². The smallest absolute Gasteiger partial charge is 0.262 e. The summed E-state index contributed by atoms with van der Waals surface area (Å²) in [5.74, 6) is -0.567. The first kappa shape index (κ1) is 21.1. The van der Waals surface area contributed by atoms with Crippen molar-refractivity contribution < 1.29 is 19.1 Å². The fourth-order valence-electron chi connectivity index (χ4n) is 4.32. The molecule has 2 amide bonds. The lowest BCUT2D eigenvalue weighted by atomic mass is 10.1. The molecule has 2 aliphatic rings. The first-order valence-electron chi connectivity index (χ1n) is 10.5. The molecule has 0 bridgehead atoms. The second-order valence-corrected chi connectivity index (χ2v) is 10.0. The largest absolute Gasteiger partial charge is 0.368 e. The highest BCUT2D eigenvalue weighted by Gasteiger charge is 2.48. The predicted octanol–water partition coefficient (Wildman–Crippen LogP) is 3.39. The number of amides is 2. The van der Waals surface area contributed by atoms with Crippen molar-refractivity contribution in [3.8, 4) is 10.4 Å². The van der Waals surface area contributed by atoms with Gasteiger partial charge in [-0.1, -0.05) is 36.4 Å². The molecule has 1 aromatic carbocycles. The number of hydrogen-bond acceptors (Lipinski definition) is 6. The first-order chi connectivity index (χ1) is 15.6. The van der Waals surface area contributed by atoms with Gasteiger partial charge in [0.05, 0.1) is 11.0 Å². The summed E-state index contributed by atoms with van der Waals surface area (Å²) >= 11 is 2.94. The van der Waals surface area contributed by atoms with Crippen molar-refractivity contribution in [2.75, 3.05) is 13.2 Å². The van der Waals surface area contributed by atoms with Crippen LogP contribution in [0.15, 0.2) is 60.0 Å². The highest BCUT2D eigenvalue weighted by molar-refractivity contribution is 7.17. The quantitative estimate of drug-likeness (QED) is 0.604. The van der Waals surface area contributed by atoms with E-state index in [-0.39, 0.29) is 30.3 Å². The SMILES string of the molecule is O=C(NC(Cc1cccs1)C(=O)N1CCC2OCC(=O)C21)c1ccc(-c2ccccc2)s1. The van der Waals surface area contributed by atoms with E-state index in [1.54, 1.807) is 22.3 Å². The molecule has 2 saturated heterocycles. The molecule has 0 spiro atoms. The topological polar surface area (TPSA) is 75.7 Å². The summed E-state index contributed by atoms with van der Waals surface area (Å²) < 4.78 is 5.52. The average molecular weight is 467 g/mol. The number of thiophene rings is 2.